The second-order valence-corrected chi connectivity index (χ2v) is 4.26. The fourth-order valence-corrected chi connectivity index (χ4v) is 1.49. The Labute approximate surface area is 116 Å². The fourth-order valence-electron chi connectivity index (χ4n) is 1.49. The first-order valence-electron chi connectivity index (χ1n) is 6.26. The van der Waals surface area contributed by atoms with Crippen molar-refractivity contribution in [2.75, 3.05) is 0 Å². The van der Waals surface area contributed by atoms with Gasteiger partial charge < -0.3 is 15.6 Å². The number of ether oxygens (including phenoxy) is 1. The summed E-state index contributed by atoms with van der Waals surface area (Å²) in [5.41, 5.74) is 5.84. The van der Waals surface area contributed by atoms with Crippen molar-refractivity contribution in [3.63, 3.8) is 0 Å². The Bertz CT molecular complexity index is 495. The molecule has 1 atom stereocenters. The molecule has 1 rings (SSSR count). The van der Waals surface area contributed by atoms with Gasteiger partial charge in [-0.15, -0.1) is 0 Å². The predicted molar refractivity (Wildman–Crippen MR) is 71.5 cm³/mol. The van der Waals surface area contributed by atoms with Crippen molar-refractivity contribution in [1.82, 2.24) is 0 Å². The van der Waals surface area contributed by atoms with Crippen LogP contribution in [0.3, 0.4) is 0 Å². The number of carbonyl (C=O) groups is 3. The smallest absolute Gasteiger partial charge is 0.320 e. The lowest BCUT2D eigenvalue weighted by Gasteiger charge is -2.07. The van der Waals surface area contributed by atoms with E-state index < -0.39 is 18.0 Å². The minimum atomic E-state index is -1.15. The number of nitrogens with two attached hydrogens (primary N) is 1. The molecule has 108 valence electrons. The van der Waals surface area contributed by atoms with E-state index in [1.165, 1.54) is 12.1 Å². The number of esters is 1. The van der Waals surface area contributed by atoms with E-state index in [0.717, 1.165) is 0 Å². The van der Waals surface area contributed by atoms with Gasteiger partial charge >= 0.3 is 11.9 Å². The number of carboxylic acid groups (broad SMARTS) is 1. The maximum atomic E-state index is 11.5. The van der Waals surface area contributed by atoms with Crippen LogP contribution in [-0.2, 0) is 9.59 Å². The SMILES string of the molecule is CCC(=O)c1ccc(OC(=O)CCC(N)C(=O)O)cc1. The van der Waals surface area contributed by atoms with Crippen molar-refractivity contribution < 1.29 is 24.2 Å². The third kappa shape index (κ3) is 4.81. The summed E-state index contributed by atoms with van der Waals surface area (Å²) in [6.07, 6.45) is 0.343. The van der Waals surface area contributed by atoms with Crippen LogP contribution in [0, 0.1) is 0 Å². The van der Waals surface area contributed by atoms with Crippen LogP contribution >= 0.6 is 0 Å². The van der Waals surface area contributed by atoms with Crippen LogP contribution in [0.2, 0.25) is 0 Å². The first-order chi connectivity index (χ1) is 9.43. The molecular formula is C14H17NO5. The van der Waals surface area contributed by atoms with E-state index >= 15 is 0 Å². The van der Waals surface area contributed by atoms with Gasteiger partial charge in [-0.05, 0) is 30.7 Å². The van der Waals surface area contributed by atoms with E-state index in [0.29, 0.717) is 17.7 Å². The van der Waals surface area contributed by atoms with Gasteiger partial charge in [0.05, 0.1) is 0 Å². The summed E-state index contributed by atoms with van der Waals surface area (Å²) in [5, 5.41) is 8.58. The number of ketones is 1. The van der Waals surface area contributed by atoms with E-state index in [9.17, 15) is 14.4 Å². The van der Waals surface area contributed by atoms with Gasteiger partial charge in [0, 0.05) is 18.4 Å². The molecule has 1 aromatic carbocycles. The summed E-state index contributed by atoms with van der Waals surface area (Å²) >= 11 is 0. The van der Waals surface area contributed by atoms with Crippen molar-refractivity contribution in [3.8, 4) is 5.75 Å². The molecule has 0 bridgehead atoms. The van der Waals surface area contributed by atoms with Crippen molar-refractivity contribution in [3.05, 3.63) is 29.8 Å². The Kier molecular flexibility index (Phi) is 5.86. The molecule has 20 heavy (non-hydrogen) atoms. The predicted octanol–water partition coefficient (Wildman–Crippen LogP) is 1.38. The van der Waals surface area contributed by atoms with E-state index in [1.54, 1.807) is 19.1 Å². The van der Waals surface area contributed by atoms with Gasteiger partial charge in [0.15, 0.2) is 5.78 Å². The summed E-state index contributed by atoms with van der Waals surface area (Å²) in [7, 11) is 0. The number of aliphatic carboxylic acids is 1. The molecule has 1 aromatic rings. The Morgan fingerprint density at radius 1 is 1.25 bits per heavy atom. The summed E-state index contributed by atoms with van der Waals surface area (Å²) < 4.78 is 5.01. The molecule has 1 unspecified atom stereocenters. The molecule has 0 saturated heterocycles. The minimum Gasteiger partial charge on any atom is -0.480 e. The van der Waals surface area contributed by atoms with E-state index in [2.05, 4.69) is 0 Å². The van der Waals surface area contributed by atoms with E-state index in [-0.39, 0.29) is 18.6 Å². The maximum Gasteiger partial charge on any atom is 0.320 e. The molecule has 3 N–H and O–H groups in total. The van der Waals surface area contributed by atoms with Gasteiger partial charge in [-0.25, -0.2) is 0 Å². The average Bonchev–Trinajstić information content (AvgIpc) is 2.44. The molecule has 0 radical (unpaired) electrons. The molecule has 6 nitrogen and oxygen atoms in total. The Morgan fingerprint density at radius 2 is 1.85 bits per heavy atom. The number of hydrogen-bond acceptors (Lipinski definition) is 5. The van der Waals surface area contributed by atoms with Gasteiger partial charge in [0.2, 0.25) is 0 Å². The van der Waals surface area contributed by atoms with Crippen molar-refractivity contribution in [2.45, 2.75) is 32.2 Å². The third-order valence-corrected chi connectivity index (χ3v) is 2.71. The molecule has 0 saturated carbocycles. The third-order valence-electron chi connectivity index (χ3n) is 2.71. The summed E-state index contributed by atoms with van der Waals surface area (Å²) in [5.74, 6) is -1.39. The van der Waals surface area contributed by atoms with Crippen molar-refractivity contribution in [2.24, 2.45) is 5.73 Å². The number of benzene rings is 1. The van der Waals surface area contributed by atoms with Gasteiger partial charge in [-0.1, -0.05) is 6.92 Å². The lowest BCUT2D eigenvalue weighted by atomic mass is 10.1. The molecule has 0 aromatic heterocycles. The second-order valence-electron chi connectivity index (χ2n) is 4.26. The molecule has 0 aliphatic heterocycles. The second kappa shape index (κ2) is 7.40. The van der Waals surface area contributed by atoms with Gasteiger partial charge in [0.1, 0.15) is 11.8 Å². The van der Waals surface area contributed by atoms with Crippen LogP contribution in [0.5, 0.6) is 5.75 Å². The van der Waals surface area contributed by atoms with Crippen LogP contribution in [0.4, 0.5) is 0 Å². The molecule has 6 heteroatoms. The Morgan fingerprint density at radius 3 is 2.35 bits per heavy atom. The lowest BCUT2D eigenvalue weighted by molar-refractivity contribution is -0.139. The number of rotatable bonds is 7. The zero-order valence-electron chi connectivity index (χ0n) is 11.2. The van der Waals surface area contributed by atoms with Crippen molar-refractivity contribution in [1.29, 1.82) is 0 Å². The molecule has 0 aliphatic carbocycles. The highest BCUT2D eigenvalue weighted by molar-refractivity contribution is 5.95. The summed E-state index contributed by atoms with van der Waals surface area (Å²) in [6, 6.07) is 5.14. The van der Waals surface area contributed by atoms with Gasteiger partial charge in [-0.3, -0.25) is 14.4 Å². The highest BCUT2D eigenvalue weighted by atomic mass is 16.5. The van der Waals surface area contributed by atoms with E-state index in [1.807, 2.05) is 0 Å². The topological polar surface area (TPSA) is 107 Å². The largest absolute Gasteiger partial charge is 0.480 e. The summed E-state index contributed by atoms with van der Waals surface area (Å²) in [4.78, 5) is 33.4. The zero-order chi connectivity index (χ0) is 15.1. The van der Waals surface area contributed by atoms with E-state index in [4.69, 9.17) is 15.6 Å². The minimum absolute atomic E-state index is 0.00954. The number of Topliss-reactive ketones (excluding diaryl/α,β-unsaturated/α-hetero) is 1. The molecule has 0 amide bonds. The lowest BCUT2D eigenvalue weighted by Crippen LogP contribution is -2.31. The molecule has 0 heterocycles. The standard InChI is InChI=1S/C14H17NO5/c1-2-12(16)9-3-5-10(6-4-9)20-13(17)8-7-11(15)14(18)19/h3-6,11H,2,7-8,15H2,1H3,(H,18,19). The van der Waals surface area contributed by atoms with Crippen molar-refractivity contribution >= 4 is 17.7 Å². The molecule has 0 spiro atoms. The Hall–Kier alpha value is -2.21. The van der Waals surface area contributed by atoms with Crippen LogP contribution in [-0.4, -0.2) is 28.9 Å². The number of hydrogen-bond donors (Lipinski definition) is 2. The average molecular weight is 279 g/mol. The van der Waals surface area contributed by atoms with Crippen LogP contribution in [0.15, 0.2) is 24.3 Å². The van der Waals surface area contributed by atoms with Gasteiger partial charge in [0.25, 0.3) is 0 Å². The van der Waals surface area contributed by atoms with Gasteiger partial charge in [-0.2, -0.15) is 0 Å². The highest BCUT2D eigenvalue weighted by Crippen LogP contribution is 2.14. The Balaban J connectivity index is 2.50. The monoisotopic (exact) mass is 279 g/mol. The summed E-state index contributed by atoms with van der Waals surface area (Å²) in [6.45, 7) is 1.77. The molecular weight excluding hydrogens is 262 g/mol. The highest BCUT2D eigenvalue weighted by Gasteiger charge is 2.14. The first-order valence-corrected chi connectivity index (χ1v) is 6.26. The molecule has 0 fully saturated rings. The molecule has 0 aliphatic rings. The number of carboxylic acids is 1. The first kappa shape index (κ1) is 15.8. The zero-order valence-corrected chi connectivity index (χ0v) is 11.2. The number of carbonyl (C=O) groups excluding carboxylic acids is 2. The van der Waals surface area contributed by atoms with Crippen LogP contribution in [0.1, 0.15) is 36.5 Å². The maximum absolute atomic E-state index is 11.5. The quantitative estimate of drug-likeness (QED) is 0.443. The van der Waals surface area contributed by atoms with Crippen LogP contribution in [0.25, 0.3) is 0 Å². The fraction of sp³-hybridized carbons (Fsp3) is 0.357. The van der Waals surface area contributed by atoms with Crippen LogP contribution < -0.4 is 10.5 Å². The normalized spacial score (nSPS) is 11.7.